The molecule has 37 heavy (non-hydrogen) atoms. The molecule has 9 heteroatoms. The number of halogens is 1. The molecule has 1 aromatic heterocycles. The van der Waals surface area contributed by atoms with E-state index in [1.165, 1.54) is 17.0 Å². The molecule has 0 saturated carbocycles. The summed E-state index contributed by atoms with van der Waals surface area (Å²) >= 11 is 0. The van der Waals surface area contributed by atoms with Crippen LogP contribution in [0.2, 0.25) is 0 Å². The Morgan fingerprint density at radius 3 is 2.41 bits per heavy atom. The highest BCUT2D eigenvalue weighted by molar-refractivity contribution is 6.07. The van der Waals surface area contributed by atoms with E-state index in [9.17, 15) is 14.0 Å². The van der Waals surface area contributed by atoms with E-state index in [2.05, 4.69) is 28.8 Å². The summed E-state index contributed by atoms with van der Waals surface area (Å²) in [5.41, 5.74) is 8.06. The molecule has 0 fully saturated rings. The molecule has 2 amide bonds. The van der Waals surface area contributed by atoms with E-state index in [4.69, 9.17) is 5.73 Å². The van der Waals surface area contributed by atoms with Gasteiger partial charge in [-0.25, -0.2) is 9.38 Å². The summed E-state index contributed by atoms with van der Waals surface area (Å²) in [6.07, 6.45) is 4.46. The summed E-state index contributed by atoms with van der Waals surface area (Å²) in [6.45, 7) is 4.82. The van der Waals surface area contributed by atoms with Crippen molar-refractivity contribution in [1.29, 1.82) is 0 Å². The molecular weight excluding hydrogens is 471 g/mol. The van der Waals surface area contributed by atoms with Crippen molar-refractivity contribution in [2.24, 2.45) is 16.6 Å². The van der Waals surface area contributed by atoms with Crippen molar-refractivity contribution in [1.82, 2.24) is 19.8 Å². The zero-order valence-corrected chi connectivity index (χ0v) is 20.9. The fourth-order valence-electron chi connectivity index (χ4n) is 4.94. The highest BCUT2D eigenvalue weighted by Crippen LogP contribution is 2.39. The van der Waals surface area contributed by atoms with E-state index in [0.29, 0.717) is 31.0 Å². The van der Waals surface area contributed by atoms with Crippen molar-refractivity contribution < 1.29 is 14.0 Å². The zero-order chi connectivity index (χ0) is 26.2. The predicted molar refractivity (Wildman–Crippen MR) is 136 cm³/mol. The molecular formula is C28H29FN6O2. The molecule has 190 valence electrons. The molecule has 0 spiro atoms. The number of hydrogen-bond donors (Lipinski definition) is 1. The van der Waals surface area contributed by atoms with E-state index in [1.807, 2.05) is 30.3 Å². The number of amides is 2. The number of carbonyl (C=O) groups excluding carboxylic acids is 2. The van der Waals surface area contributed by atoms with Crippen LogP contribution in [0.25, 0.3) is 0 Å². The topological polar surface area (TPSA) is 105 Å². The van der Waals surface area contributed by atoms with Gasteiger partial charge in [-0.3, -0.25) is 24.5 Å². The molecule has 3 heterocycles. The van der Waals surface area contributed by atoms with Crippen molar-refractivity contribution in [2.75, 3.05) is 0 Å². The zero-order valence-electron chi connectivity index (χ0n) is 20.9. The quantitative estimate of drug-likeness (QED) is 0.532. The first-order valence-electron chi connectivity index (χ1n) is 12.4. The number of guanidine groups is 1. The summed E-state index contributed by atoms with van der Waals surface area (Å²) in [5.74, 6) is -0.684. The lowest BCUT2D eigenvalue weighted by Gasteiger charge is -2.27. The van der Waals surface area contributed by atoms with Gasteiger partial charge < -0.3 is 10.6 Å². The van der Waals surface area contributed by atoms with E-state index >= 15 is 0 Å². The number of nitrogens with zero attached hydrogens (tertiary/aromatic N) is 5. The monoisotopic (exact) mass is 500 g/mol. The largest absolute Gasteiger partial charge is 0.369 e. The first kappa shape index (κ1) is 24.5. The minimum atomic E-state index is -1.12. The van der Waals surface area contributed by atoms with Crippen LogP contribution in [0, 0.1) is 11.7 Å². The van der Waals surface area contributed by atoms with Crippen LogP contribution < -0.4 is 5.73 Å². The standard InChI is InChI=1S/C28H29FN6O2/c1-18(2)8-9-28(21-6-4-3-5-7-21)26(37)35(27(30)33-28)15-19-12-20(14-22(29)13-19)25(36)34-16-23-24(17-34)32-11-10-31-23/h3-7,10-14,18H,8-9,15-17H2,1-2H3,(H2,30,33)/t28-/m1/s1. The van der Waals surface area contributed by atoms with Crippen LogP contribution in [0.3, 0.4) is 0 Å². The van der Waals surface area contributed by atoms with Gasteiger partial charge in [-0.2, -0.15) is 0 Å². The molecule has 8 nitrogen and oxygen atoms in total. The molecule has 1 atom stereocenters. The maximum atomic E-state index is 14.7. The van der Waals surface area contributed by atoms with E-state index < -0.39 is 11.4 Å². The Labute approximate surface area is 215 Å². The second-order valence-corrected chi connectivity index (χ2v) is 9.98. The van der Waals surface area contributed by atoms with Crippen molar-refractivity contribution in [3.63, 3.8) is 0 Å². The van der Waals surface area contributed by atoms with Crippen LogP contribution in [0.4, 0.5) is 4.39 Å². The molecule has 0 unspecified atom stereocenters. The van der Waals surface area contributed by atoms with Crippen LogP contribution in [0.1, 0.15) is 59.6 Å². The minimum Gasteiger partial charge on any atom is -0.369 e. The Kier molecular flexibility index (Phi) is 6.45. The highest BCUT2D eigenvalue weighted by Gasteiger charge is 2.48. The van der Waals surface area contributed by atoms with Gasteiger partial charge in [0.15, 0.2) is 11.5 Å². The number of benzene rings is 2. The lowest BCUT2D eigenvalue weighted by molar-refractivity contribution is -0.132. The summed E-state index contributed by atoms with van der Waals surface area (Å²) in [6, 6.07) is 13.5. The molecule has 0 bridgehead atoms. The molecule has 2 aromatic carbocycles. The number of aliphatic imine (C=N–C) groups is 1. The van der Waals surface area contributed by atoms with Gasteiger partial charge >= 0.3 is 0 Å². The average molecular weight is 501 g/mol. The summed E-state index contributed by atoms with van der Waals surface area (Å²) in [7, 11) is 0. The summed E-state index contributed by atoms with van der Waals surface area (Å²) < 4.78 is 14.7. The Morgan fingerprint density at radius 1 is 1.08 bits per heavy atom. The van der Waals surface area contributed by atoms with E-state index in [-0.39, 0.29) is 29.9 Å². The summed E-state index contributed by atoms with van der Waals surface area (Å²) in [5, 5.41) is 0. The van der Waals surface area contributed by atoms with Gasteiger partial charge in [-0.15, -0.1) is 0 Å². The number of fused-ring (bicyclic) bond motifs is 1. The Bertz CT molecular complexity index is 1350. The third kappa shape index (κ3) is 4.69. The molecule has 5 rings (SSSR count). The number of hydrogen-bond acceptors (Lipinski definition) is 6. The lowest BCUT2D eigenvalue weighted by Crippen LogP contribution is -2.42. The highest BCUT2D eigenvalue weighted by atomic mass is 19.1. The predicted octanol–water partition coefficient (Wildman–Crippen LogP) is 3.76. The Hall–Kier alpha value is -4.14. The van der Waals surface area contributed by atoms with Gasteiger partial charge in [-0.05, 0) is 48.1 Å². The fraction of sp³-hybridized carbons (Fsp3) is 0.321. The maximum Gasteiger partial charge on any atom is 0.262 e. The van der Waals surface area contributed by atoms with E-state index in [1.54, 1.807) is 23.4 Å². The van der Waals surface area contributed by atoms with Crippen LogP contribution in [-0.2, 0) is 30.0 Å². The molecule has 2 N–H and O–H groups in total. The van der Waals surface area contributed by atoms with Crippen molar-refractivity contribution in [3.8, 4) is 0 Å². The molecule has 0 saturated heterocycles. The molecule has 0 radical (unpaired) electrons. The number of nitrogens with two attached hydrogens (primary N) is 1. The SMILES string of the molecule is CC(C)CC[C@]1(c2ccccc2)N=C(N)N(Cc2cc(F)cc(C(=O)N3Cc4nccnc4C3)c2)C1=O. The molecule has 2 aliphatic rings. The molecule has 3 aromatic rings. The van der Waals surface area contributed by atoms with Crippen molar-refractivity contribution >= 4 is 17.8 Å². The van der Waals surface area contributed by atoms with Crippen LogP contribution >= 0.6 is 0 Å². The van der Waals surface area contributed by atoms with Gasteiger partial charge in [0.2, 0.25) is 0 Å². The average Bonchev–Trinajstić information content (AvgIpc) is 3.42. The van der Waals surface area contributed by atoms with Crippen LogP contribution in [0.5, 0.6) is 0 Å². The third-order valence-electron chi connectivity index (χ3n) is 6.89. The number of carbonyl (C=O) groups is 2. The Balaban J connectivity index is 1.40. The third-order valence-corrected chi connectivity index (χ3v) is 6.89. The second-order valence-electron chi connectivity index (χ2n) is 9.98. The van der Waals surface area contributed by atoms with Gasteiger partial charge in [0.25, 0.3) is 11.8 Å². The Morgan fingerprint density at radius 2 is 1.76 bits per heavy atom. The van der Waals surface area contributed by atoms with Gasteiger partial charge in [0.05, 0.1) is 31.0 Å². The first-order chi connectivity index (χ1) is 17.8. The van der Waals surface area contributed by atoms with Crippen molar-refractivity contribution in [3.05, 3.63) is 94.8 Å². The maximum absolute atomic E-state index is 14.7. The molecule has 0 aliphatic carbocycles. The normalized spacial score (nSPS) is 18.9. The number of aromatic nitrogens is 2. The van der Waals surface area contributed by atoms with Gasteiger partial charge in [0, 0.05) is 18.0 Å². The van der Waals surface area contributed by atoms with Crippen molar-refractivity contribution in [2.45, 2.75) is 51.9 Å². The van der Waals surface area contributed by atoms with Gasteiger partial charge in [0.1, 0.15) is 5.82 Å². The van der Waals surface area contributed by atoms with E-state index in [0.717, 1.165) is 23.4 Å². The van der Waals surface area contributed by atoms with Gasteiger partial charge in [-0.1, -0.05) is 44.2 Å². The minimum absolute atomic E-state index is 0.00576. The lowest BCUT2D eigenvalue weighted by atomic mass is 9.83. The summed E-state index contributed by atoms with van der Waals surface area (Å²) in [4.78, 5) is 43.2. The number of rotatable bonds is 7. The smallest absolute Gasteiger partial charge is 0.262 e. The second kappa shape index (κ2) is 9.72. The van der Waals surface area contributed by atoms with Crippen LogP contribution in [0.15, 0.2) is 65.9 Å². The fourth-order valence-corrected chi connectivity index (χ4v) is 4.94. The first-order valence-corrected chi connectivity index (χ1v) is 12.4. The molecule has 2 aliphatic heterocycles. The van der Waals surface area contributed by atoms with Crippen LogP contribution in [-0.4, -0.2) is 37.5 Å².